The first-order valence-electron chi connectivity index (χ1n) is 8.18. The quantitative estimate of drug-likeness (QED) is 0.906. The first-order chi connectivity index (χ1) is 11.5. The van der Waals surface area contributed by atoms with Gasteiger partial charge < -0.3 is 19.7 Å². The zero-order chi connectivity index (χ0) is 17.3. The van der Waals surface area contributed by atoms with Crippen LogP contribution < -0.4 is 5.32 Å². The molecule has 2 amide bonds. The van der Waals surface area contributed by atoms with Crippen LogP contribution in [0.1, 0.15) is 24.7 Å². The number of rotatable bonds is 3. The van der Waals surface area contributed by atoms with E-state index in [9.17, 15) is 14.7 Å². The summed E-state index contributed by atoms with van der Waals surface area (Å²) >= 11 is 0. The van der Waals surface area contributed by atoms with Gasteiger partial charge in [0.25, 0.3) is 0 Å². The van der Waals surface area contributed by atoms with Crippen molar-refractivity contribution in [3.05, 3.63) is 35.6 Å². The number of piperidine rings is 1. The summed E-state index contributed by atoms with van der Waals surface area (Å²) in [5.74, 6) is -0.360. The number of carbonyl (C=O) groups is 2. The minimum absolute atomic E-state index is 0.182. The van der Waals surface area contributed by atoms with Crippen molar-refractivity contribution in [1.29, 1.82) is 0 Å². The van der Waals surface area contributed by atoms with E-state index in [0.29, 0.717) is 19.5 Å². The number of carboxylic acids is 1. The third-order valence-electron chi connectivity index (χ3n) is 4.61. The number of aryl methyl sites for hydroxylation is 1. The minimum Gasteiger partial charge on any atom is -0.481 e. The van der Waals surface area contributed by atoms with Crippen LogP contribution in [0.15, 0.2) is 28.7 Å². The average molecular weight is 330 g/mol. The molecule has 0 spiro atoms. The van der Waals surface area contributed by atoms with Crippen molar-refractivity contribution in [2.75, 3.05) is 13.1 Å². The zero-order valence-corrected chi connectivity index (χ0v) is 13.9. The number of hydrogen-bond donors (Lipinski definition) is 2. The number of hydrogen-bond acceptors (Lipinski definition) is 3. The van der Waals surface area contributed by atoms with E-state index in [4.69, 9.17) is 4.42 Å². The largest absolute Gasteiger partial charge is 0.481 e. The molecule has 2 unspecified atom stereocenters. The first-order valence-corrected chi connectivity index (χ1v) is 8.18. The van der Waals surface area contributed by atoms with Crippen LogP contribution >= 0.6 is 0 Å². The number of nitrogens with one attached hydrogen (secondary N) is 1. The molecule has 6 nitrogen and oxygen atoms in total. The molecule has 128 valence electrons. The molecule has 1 aromatic heterocycles. The summed E-state index contributed by atoms with van der Waals surface area (Å²) in [4.78, 5) is 25.3. The van der Waals surface area contributed by atoms with Gasteiger partial charge >= 0.3 is 12.0 Å². The van der Waals surface area contributed by atoms with Gasteiger partial charge in [-0.2, -0.15) is 0 Å². The second-order valence-corrected chi connectivity index (χ2v) is 6.57. The molecule has 1 saturated heterocycles. The fourth-order valence-corrected chi connectivity index (χ4v) is 3.41. The van der Waals surface area contributed by atoms with Gasteiger partial charge in [-0.15, -0.1) is 0 Å². The molecule has 2 heterocycles. The maximum Gasteiger partial charge on any atom is 0.317 e. The van der Waals surface area contributed by atoms with Crippen molar-refractivity contribution in [3.8, 4) is 0 Å². The molecular formula is C18H22N2O4. The molecule has 0 aliphatic carbocycles. The number of aliphatic carboxylic acids is 1. The fourth-order valence-electron chi connectivity index (χ4n) is 3.41. The van der Waals surface area contributed by atoms with E-state index in [1.165, 1.54) is 0 Å². The summed E-state index contributed by atoms with van der Waals surface area (Å²) in [6.07, 6.45) is 0.616. The number of fused-ring (bicyclic) bond motifs is 1. The second-order valence-electron chi connectivity index (χ2n) is 6.57. The van der Waals surface area contributed by atoms with Crippen molar-refractivity contribution in [2.24, 2.45) is 11.8 Å². The molecule has 6 heteroatoms. The van der Waals surface area contributed by atoms with E-state index in [0.717, 1.165) is 22.3 Å². The van der Waals surface area contributed by atoms with Gasteiger partial charge in [0.05, 0.1) is 5.92 Å². The van der Waals surface area contributed by atoms with Crippen molar-refractivity contribution < 1.29 is 19.1 Å². The van der Waals surface area contributed by atoms with Crippen LogP contribution in [-0.2, 0) is 11.3 Å². The lowest BCUT2D eigenvalue weighted by molar-refractivity contribution is -0.143. The molecule has 1 aromatic carbocycles. The van der Waals surface area contributed by atoms with Crippen LogP contribution in [0.2, 0.25) is 0 Å². The van der Waals surface area contributed by atoms with Gasteiger partial charge in [0.1, 0.15) is 11.3 Å². The second kappa shape index (κ2) is 6.55. The Kier molecular flexibility index (Phi) is 4.46. The van der Waals surface area contributed by atoms with Crippen molar-refractivity contribution >= 4 is 23.0 Å². The number of carbonyl (C=O) groups excluding carboxylic acids is 1. The van der Waals surface area contributed by atoms with Crippen LogP contribution in [0.5, 0.6) is 0 Å². The number of benzene rings is 1. The molecule has 1 aliphatic rings. The summed E-state index contributed by atoms with van der Waals surface area (Å²) in [5, 5.41) is 13.1. The number of carboxylic acid groups (broad SMARTS) is 1. The van der Waals surface area contributed by atoms with Gasteiger partial charge in [-0.1, -0.05) is 25.1 Å². The molecule has 0 radical (unpaired) electrons. The van der Waals surface area contributed by atoms with E-state index in [1.807, 2.05) is 38.1 Å². The van der Waals surface area contributed by atoms with Gasteiger partial charge in [-0.05, 0) is 25.3 Å². The van der Waals surface area contributed by atoms with Gasteiger partial charge in [0, 0.05) is 30.6 Å². The first kappa shape index (κ1) is 16.4. The number of nitrogens with zero attached hydrogens (tertiary/aromatic N) is 1. The van der Waals surface area contributed by atoms with Gasteiger partial charge in [-0.3, -0.25) is 4.79 Å². The van der Waals surface area contributed by atoms with E-state index < -0.39 is 11.9 Å². The van der Waals surface area contributed by atoms with E-state index in [1.54, 1.807) is 4.90 Å². The molecule has 0 bridgehead atoms. The lowest BCUT2D eigenvalue weighted by Crippen LogP contribution is -2.49. The van der Waals surface area contributed by atoms with Crippen molar-refractivity contribution in [3.63, 3.8) is 0 Å². The molecule has 1 aliphatic heterocycles. The van der Waals surface area contributed by atoms with Crippen molar-refractivity contribution in [1.82, 2.24) is 10.2 Å². The molecule has 0 saturated carbocycles. The third kappa shape index (κ3) is 3.22. The highest BCUT2D eigenvalue weighted by Crippen LogP contribution is 2.25. The molecule has 1 fully saturated rings. The van der Waals surface area contributed by atoms with E-state index in [2.05, 4.69) is 5.32 Å². The summed E-state index contributed by atoms with van der Waals surface area (Å²) < 4.78 is 5.70. The highest BCUT2D eigenvalue weighted by Gasteiger charge is 2.31. The summed E-state index contributed by atoms with van der Waals surface area (Å²) in [7, 11) is 0. The Morgan fingerprint density at radius 1 is 1.33 bits per heavy atom. The highest BCUT2D eigenvalue weighted by atomic mass is 16.4. The van der Waals surface area contributed by atoms with Gasteiger partial charge in [-0.25, -0.2) is 4.79 Å². The van der Waals surface area contributed by atoms with Crippen molar-refractivity contribution in [2.45, 2.75) is 26.8 Å². The molecule has 3 rings (SSSR count). The maximum absolute atomic E-state index is 12.4. The smallest absolute Gasteiger partial charge is 0.317 e. The van der Waals surface area contributed by atoms with Crippen LogP contribution in [0.25, 0.3) is 11.0 Å². The topological polar surface area (TPSA) is 82.8 Å². The predicted molar refractivity (Wildman–Crippen MR) is 89.7 cm³/mol. The number of urea groups is 1. The van der Waals surface area contributed by atoms with Crippen LogP contribution in [0.3, 0.4) is 0 Å². The Bertz CT molecular complexity index is 767. The Labute approximate surface area is 140 Å². The molecular weight excluding hydrogens is 308 g/mol. The van der Waals surface area contributed by atoms with Crippen LogP contribution in [0, 0.1) is 18.8 Å². The number of furan rings is 1. The van der Waals surface area contributed by atoms with Crippen LogP contribution in [0.4, 0.5) is 4.79 Å². The lowest BCUT2D eigenvalue weighted by Gasteiger charge is -2.34. The maximum atomic E-state index is 12.4. The molecule has 24 heavy (non-hydrogen) atoms. The average Bonchev–Trinajstić information content (AvgIpc) is 2.87. The monoisotopic (exact) mass is 330 g/mol. The zero-order valence-electron chi connectivity index (χ0n) is 13.9. The Morgan fingerprint density at radius 2 is 2.08 bits per heavy atom. The normalized spacial score (nSPS) is 21.0. The lowest BCUT2D eigenvalue weighted by atomic mass is 9.91. The number of likely N-dealkylation sites (tertiary alicyclic amines) is 1. The van der Waals surface area contributed by atoms with E-state index in [-0.39, 0.29) is 18.5 Å². The summed E-state index contributed by atoms with van der Waals surface area (Å²) in [6.45, 7) is 5.07. The summed E-state index contributed by atoms with van der Waals surface area (Å²) in [5.41, 5.74) is 1.76. The number of para-hydroxylation sites is 1. The van der Waals surface area contributed by atoms with Crippen LogP contribution in [-0.4, -0.2) is 35.1 Å². The highest BCUT2D eigenvalue weighted by molar-refractivity contribution is 5.83. The van der Waals surface area contributed by atoms with E-state index >= 15 is 0 Å². The minimum atomic E-state index is -0.837. The number of amides is 2. The predicted octanol–water partition coefficient (Wildman–Crippen LogP) is 2.99. The Morgan fingerprint density at radius 3 is 2.83 bits per heavy atom. The summed E-state index contributed by atoms with van der Waals surface area (Å²) in [6, 6.07) is 7.49. The SMILES string of the molecule is Cc1oc2ccccc2c1CNC(=O)N1CC(C)CC(C(=O)O)C1. The molecule has 2 N–H and O–H groups in total. The van der Waals surface area contributed by atoms with Gasteiger partial charge in [0.2, 0.25) is 0 Å². The van der Waals surface area contributed by atoms with Gasteiger partial charge in [0.15, 0.2) is 0 Å². The molecule has 2 atom stereocenters. The Hall–Kier alpha value is -2.50. The fraction of sp³-hybridized carbons (Fsp3) is 0.444. The molecule has 2 aromatic rings. The standard InChI is InChI=1S/C18H22N2O4/c1-11-7-13(17(21)22)10-20(9-11)18(23)19-8-15-12(2)24-16-6-4-3-5-14(15)16/h3-6,11,13H,7-10H2,1-2H3,(H,19,23)(H,21,22). The Balaban J connectivity index is 1.68. The third-order valence-corrected chi connectivity index (χ3v) is 4.61.